The number of carbonyl (C=O) groups is 1. The van der Waals surface area contributed by atoms with Crippen LogP contribution in [0.3, 0.4) is 0 Å². The molecule has 32 heavy (non-hydrogen) atoms. The Hall–Kier alpha value is -2.74. The van der Waals surface area contributed by atoms with E-state index in [1.165, 1.54) is 24.0 Å². The number of hydrogen-bond acceptors (Lipinski definition) is 2. The highest BCUT2D eigenvalue weighted by atomic mass is 35.5. The number of aliphatic hydroxyl groups is 1. The van der Waals surface area contributed by atoms with Crippen LogP contribution in [-0.2, 0) is 11.7 Å². The van der Waals surface area contributed by atoms with Gasteiger partial charge >= 0.3 is 12.2 Å². The van der Waals surface area contributed by atoms with Gasteiger partial charge in [-0.15, -0.1) is 0 Å². The molecule has 1 heterocycles. The first-order valence-corrected chi connectivity index (χ1v) is 10.3. The highest BCUT2D eigenvalue weighted by Gasteiger charge is 2.56. The van der Waals surface area contributed by atoms with Gasteiger partial charge in [0.2, 0.25) is 0 Å². The van der Waals surface area contributed by atoms with E-state index in [0.29, 0.717) is 21.4 Å². The molecular weight excluding hydrogens is 464 g/mol. The van der Waals surface area contributed by atoms with Crippen molar-refractivity contribution in [2.24, 2.45) is 0 Å². The van der Waals surface area contributed by atoms with Crippen LogP contribution in [0.25, 0.3) is 0 Å². The smallest absolute Gasteiger partial charge is 0.370 e. The van der Waals surface area contributed by atoms with E-state index < -0.39 is 29.5 Å². The molecule has 0 saturated carbocycles. The molecule has 1 fully saturated rings. The van der Waals surface area contributed by atoms with Crippen molar-refractivity contribution in [1.82, 2.24) is 0 Å². The number of aliphatic hydroxyl groups excluding tert-OH is 1. The number of hydrogen-bond donors (Lipinski definition) is 1. The minimum atomic E-state index is -4.58. The van der Waals surface area contributed by atoms with Crippen molar-refractivity contribution in [2.75, 3.05) is 9.80 Å². The van der Waals surface area contributed by atoms with Crippen molar-refractivity contribution in [1.29, 1.82) is 0 Å². The molecule has 9 heteroatoms. The second-order valence-corrected chi connectivity index (χ2v) is 8.41. The Bertz CT molecular complexity index is 1150. The lowest BCUT2D eigenvalue weighted by atomic mass is 9.87. The van der Waals surface area contributed by atoms with E-state index >= 15 is 0 Å². The summed E-state index contributed by atoms with van der Waals surface area (Å²) in [5, 5.41) is 12.2. The minimum absolute atomic E-state index is 0.125. The van der Waals surface area contributed by atoms with E-state index in [-0.39, 0.29) is 5.56 Å². The van der Waals surface area contributed by atoms with E-state index in [2.05, 4.69) is 0 Å². The van der Waals surface area contributed by atoms with Gasteiger partial charge in [0.25, 0.3) is 0 Å². The molecule has 3 aromatic rings. The molecule has 4 rings (SSSR count). The van der Waals surface area contributed by atoms with Crippen LogP contribution >= 0.6 is 23.2 Å². The average molecular weight is 481 g/mol. The van der Waals surface area contributed by atoms with Gasteiger partial charge in [0.1, 0.15) is 5.54 Å². The Morgan fingerprint density at radius 3 is 1.97 bits per heavy atom. The van der Waals surface area contributed by atoms with Crippen LogP contribution < -0.4 is 9.80 Å². The van der Waals surface area contributed by atoms with Gasteiger partial charge in [0, 0.05) is 21.4 Å². The topological polar surface area (TPSA) is 43.8 Å². The van der Waals surface area contributed by atoms with Crippen molar-refractivity contribution in [3.05, 3.63) is 94.0 Å². The minimum Gasteiger partial charge on any atom is -0.370 e. The number of alkyl halides is 3. The number of carbonyl (C=O) groups excluding carboxylic acids is 1. The highest BCUT2D eigenvalue weighted by Crippen LogP contribution is 2.46. The molecule has 166 valence electrons. The summed E-state index contributed by atoms with van der Waals surface area (Å²) in [6, 6.07) is 16.5. The second kappa shape index (κ2) is 7.99. The molecule has 3 aromatic carbocycles. The maximum atomic E-state index is 13.6. The fourth-order valence-corrected chi connectivity index (χ4v) is 4.14. The predicted octanol–water partition coefficient (Wildman–Crippen LogP) is 6.69. The summed E-state index contributed by atoms with van der Waals surface area (Å²) in [5.74, 6) is 0. The SMILES string of the molecule is C[C@@]1(c2cccc(C(F)(F)F)c2)C(O)N(c2ccc(Cl)cc2)C(=O)N1c1ccc(Cl)cc1. The summed E-state index contributed by atoms with van der Waals surface area (Å²) in [7, 11) is 0. The Morgan fingerprint density at radius 2 is 1.44 bits per heavy atom. The molecule has 1 unspecified atom stereocenters. The van der Waals surface area contributed by atoms with Crippen LogP contribution in [0.4, 0.5) is 29.3 Å². The quantitative estimate of drug-likeness (QED) is 0.453. The maximum absolute atomic E-state index is 13.6. The first kappa shape index (κ1) is 22.5. The lowest BCUT2D eigenvalue weighted by molar-refractivity contribution is -0.137. The van der Waals surface area contributed by atoms with Gasteiger partial charge in [0.15, 0.2) is 6.23 Å². The Morgan fingerprint density at radius 1 is 0.906 bits per heavy atom. The molecule has 0 bridgehead atoms. The van der Waals surface area contributed by atoms with Crippen molar-refractivity contribution < 1.29 is 23.1 Å². The van der Waals surface area contributed by atoms with Crippen LogP contribution in [0.5, 0.6) is 0 Å². The molecule has 4 nitrogen and oxygen atoms in total. The van der Waals surface area contributed by atoms with Crippen LogP contribution in [0.15, 0.2) is 72.8 Å². The van der Waals surface area contributed by atoms with Gasteiger partial charge in [-0.3, -0.25) is 9.80 Å². The molecule has 2 atom stereocenters. The largest absolute Gasteiger partial charge is 0.416 e. The molecule has 1 aliphatic rings. The lowest BCUT2D eigenvalue weighted by Gasteiger charge is -2.36. The number of amides is 2. The van der Waals surface area contributed by atoms with Gasteiger partial charge in [-0.25, -0.2) is 4.79 Å². The average Bonchev–Trinajstić information content (AvgIpc) is 2.95. The van der Waals surface area contributed by atoms with E-state index in [1.807, 2.05) is 0 Å². The van der Waals surface area contributed by atoms with Crippen molar-refractivity contribution in [3.8, 4) is 0 Å². The standard InChI is InChI=1S/C23H17Cl2F3N2O2/c1-22(14-3-2-4-15(13-14)23(26,27)28)20(31)29(18-9-5-16(24)6-10-18)21(32)30(22)19-11-7-17(25)8-12-19/h2-13,20,31H,1H3/t20?,22-/m1/s1. The van der Waals surface area contributed by atoms with Gasteiger partial charge < -0.3 is 5.11 Å². The molecule has 0 aliphatic carbocycles. The first-order chi connectivity index (χ1) is 15.0. The molecule has 0 spiro atoms. The van der Waals surface area contributed by atoms with Crippen molar-refractivity contribution in [2.45, 2.75) is 24.9 Å². The summed E-state index contributed by atoms with van der Waals surface area (Å²) in [6.45, 7) is 1.52. The zero-order chi connectivity index (χ0) is 23.3. The predicted molar refractivity (Wildman–Crippen MR) is 118 cm³/mol. The Kier molecular flexibility index (Phi) is 5.61. The van der Waals surface area contributed by atoms with Gasteiger partial charge in [-0.1, -0.05) is 35.3 Å². The number of urea groups is 1. The fraction of sp³-hybridized carbons (Fsp3) is 0.174. The lowest BCUT2D eigenvalue weighted by Crippen LogP contribution is -2.47. The van der Waals surface area contributed by atoms with Gasteiger partial charge in [-0.2, -0.15) is 13.2 Å². The summed E-state index contributed by atoms with van der Waals surface area (Å²) in [6.07, 6.45) is -6.09. The summed E-state index contributed by atoms with van der Waals surface area (Å²) in [4.78, 5) is 16.0. The zero-order valence-corrected chi connectivity index (χ0v) is 18.2. The Labute approximate surface area is 192 Å². The third-order valence-electron chi connectivity index (χ3n) is 5.57. The highest BCUT2D eigenvalue weighted by molar-refractivity contribution is 6.31. The first-order valence-electron chi connectivity index (χ1n) is 9.54. The van der Waals surface area contributed by atoms with Crippen LogP contribution in [0.1, 0.15) is 18.1 Å². The van der Waals surface area contributed by atoms with E-state index in [4.69, 9.17) is 23.2 Å². The summed E-state index contributed by atoms with van der Waals surface area (Å²) < 4.78 is 40.3. The molecule has 0 aromatic heterocycles. The third kappa shape index (κ3) is 3.70. The number of nitrogens with zero attached hydrogens (tertiary/aromatic N) is 2. The van der Waals surface area contributed by atoms with Gasteiger partial charge in [-0.05, 0) is 73.2 Å². The normalized spacial score (nSPS) is 21.3. The zero-order valence-electron chi connectivity index (χ0n) is 16.6. The monoisotopic (exact) mass is 480 g/mol. The summed E-state index contributed by atoms with van der Waals surface area (Å²) in [5.41, 5.74) is -1.58. The maximum Gasteiger partial charge on any atom is 0.416 e. The van der Waals surface area contributed by atoms with Crippen LogP contribution in [0.2, 0.25) is 10.0 Å². The molecular formula is C23H17Cl2F3N2O2. The molecule has 1 saturated heterocycles. The molecule has 1 aliphatic heterocycles. The van der Waals surface area contributed by atoms with Crippen LogP contribution in [0, 0.1) is 0 Å². The van der Waals surface area contributed by atoms with Gasteiger partial charge in [0.05, 0.1) is 5.56 Å². The van der Waals surface area contributed by atoms with Crippen molar-refractivity contribution >= 4 is 40.6 Å². The van der Waals surface area contributed by atoms with E-state index in [9.17, 15) is 23.1 Å². The number of anilines is 2. The number of benzene rings is 3. The van der Waals surface area contributed by atoms with E-state index in [1.54, 1.807) is 48.5 Å². The number of rotatable bonds is 3. The second-order valence-electron chi connectivity index (χ2n) is 7.54. The van der Waals surface area contributed by atoms with Crippen LogP contribution in [-0.4, -0.2) is 17.4 Å². The van der Waals surface area contributed by atoms with E-state index in [0.717, 1.165) is 17.0 Å². The summed E-state index contributed by atoms with van der Waals surface area (Å²) >= 11 is 11.9. The molecule has 2 amide bonds. The molecule has 1 N–H and O–H groups in total. The van der Waals surface area contributed by atoms with Crippen molar-refractivity contribution in [3.63, 3.8) is 0 Å². The fourth-order valence-electron chi connectivity index (χ4n) is 3.89. The third-order valence-corrected chi connectivity index (χ3v) is 6.08. The number of halogens is 5. The Balaban J connectivity index is 1.91. The molecule has 0 radical (unpaired) electrons.